The number of ether oxygens (including phenoxy) is 1. The molecule has 1 aromatic heterocycles. The molecule has 0 bridgehead atoms. The van der Waals surface area contributed by atoms with Gasteiger partial charge < -0.3 is 25.8 Å². The number of rotatable bonds is 7. The van der Waals surface area contributed by atoms with Crippen molar-refractivity contribution in [2.45, 2.75) is 57.8 Å². The topological polar surface area (TPSA) is 129 Å². The number of unbranched alkanes of at least 4 members (excludes halogenated alkanes) is 1. The molecule has 198 valence electrons. The van der Waals surface area contributed by atoms with Crippen LogP contribution in [0.15, 0.2) is 30.5 Å². The number of anilines is 3. The summed E-state index contributed by atoms with van der Waals surface area (Å²) in [5.74, 6) is 6.19. The van der Waals surface area contributed by atoms with Gasteiger partial charge in [0.05, 0.1) is 24.4 Å². The van der Waals surface area contributed by atoms with Crippen molar-refractivity contribution in [3.8, 4) is 11.8 Å². The van der Waals surface area contributed by atoms with Crippen molar-refractivity contribution in [1.29, 1.82) is 0 Å². The molecule has 2 atom stereocenters. The van der Waals surface area contributed by atoms with Gasteiger partial charge in [-0.2, -0.15) is 4.98 Å². The van der Waals surface area contributed by atoms with Gasteiger partial charge in [-0.05, 0) is 45.4 Å². The first-order valence-corrected chi connectivity index (χ1v) is 12.1. The van der Waals surface area contributed by atoms with Crippen LogP contribution in [0.25, 0.3) is 0 Å². The molecule has 37 heavy (non-hydrogen) atoms. The van der Waals surface area contributed by atoms with Crippen LogP contribution >= 0.6 is 0 Å². The SMILES string of the molecule is CNc1nc(Nc2cccc(F)c2)ncc1C#CCCCNC(=O)[C@@H]1C[C@H](O)CN1C(=O)OC(C)(C)C. The molecule has 0 aliphatic carbocycles. The van der Waals surface area contributed by atoms with E-state index in [1.54, 1.807) is 46.1 Å². The van der Waals surface area contributed by atoms with Gasteiger partial charge in [0.15, 0.2) is 0 Å². The Labute approximate surface area is 216 Å². The van der Waals surface area contributed by atoms with Crippen molar-refractivity contribution in [3.63, 3.8) is 0 Å². The Balaban J connectivity index is 1.49. The van der Waals surface area contributed by atoms with Crippen molar-refractivity contribution < 1.29 is 23.8 Å². The molecule has 2 heterocycles. The molecule has 1 aliphatic heterocycles. The molecule has 0 saturated carbocycles. The number of benzene rings is 1. The lowest BCUT2D eigenvalue weighted by atomic mass is 10.2. The summed E-state index contributed by atoms with van der Waals surface area (Å²) in [6.45, 7) is 5.67. The van der Waals surface area contributed by atoms with E-state index >= 15 is 0 Å². The molecule has 10 nitrogen and oxygen atoms in total. The highest BCUT2D eigenvalue weighted by atomic mass is 19.1. The predicted octanol–water partition coefficient (Wildman–Crippen LogP) is 3.02. The van der Waals surface area contributed by atoms with E-state index in [-0.39, 0.29) is 24.7 Å². The maximum atomic E-state index is 13.4. The summed E-state index contributed by atoms with van der Waals surface area (Å²) in [6, 6.07) is 5.23. The number of hydrogen-bond acceptors (Lipinski definition) is 8. The molecule has 1 fully saturated rings. The van der Waals surface area contributed by atoms with Crippen molar-refractivity contribution in [3.05, 3.63) is 41.8 Å². The van der Waals surface area contributed by atoms with E-state index < -0.39 is 23.8 Å². The van der Waals surface area contributed by atoms with Gasteiger partial charge in [-0.3, -0.25) is 9.69 Å². The standard InChI is InChI=1S/C26H33FN6O4/c1-26(2,3)37-25(36)33-16-20(34)14-21(33)23(35)29-12-7-5-6-9-17-15-30-24(32-22(17)28-4)31-19-11-8-10-18(27)13-19/h8,10-11,13,15,20-21,34H,5,7,12,14,16H2,1-4H3,(H,29,35)(H2,28,30,31,32)/t20-,21-/m0/s1. The molecule has 2 aromatic rings. The number of nitrogens with one attached hydrogen (secondary N) is 3. The molecular weight excluding hydrogens is 479 g/mol. The maximum Gasteiger partial charge on any atom is 0.411 e. The molecule has 1 saturated heterocycles. The van der Waals surface area contributed by atoms with Gasteiger partial charge in [0.2, 0.25) is 11.9 Å². The van der Waals surface area contributed by atoms with Crippen LogP contribution in [0, 0.1) is 17.7 Å². The quantitative estimate of drug-likeness (QED) is 0.329. The second kappa shape index (κ2) is 12.4. The van der Waals surface area contributed by atoms with Crippen molar-refractivity contribution in [2.75, 3.05) is 30.8 Å². The Kier molecular flexibility index (Phi) is 9.25. The third-order valence-corrected chi connectivity index (χ3v) is 5.32. The predicted molar refractivity (Wildman–Crippen MR) is 138 cm³/mol. The smallest absolute Gasteiger partial charge is 0.411 e. The molecule has 1 aliphatic rings. The third-order valence-electron chi connectivity index (χ3n) is 5.32. The molecule has 0 unspecified atom stereocenters. The second-order valence-electron chi connectivity index (χ2n) is 9.58. The fourth-order valence-corrected chi connectivity index (χ4v) is 3.67. The number of amides is 2. The number of hydrogen-bond donors (Lipinski definition) is 4. The van der Waals surface area contributed by atoms with Crippen LogP contribution in [0.1, 0.15) is 45.6 Å². The molecule has 0 radical (unpaired) electrons. The summed E-state index contributed by atoms with van der Waals surface area (Å²) in [5.41, 5.74) is 0.439. The number of β-amino-alcohol motifs (C(OH)–C–C–N with tert-alkyl or cyclic N) is 1. The average molecular weight is 513 g/mol. The van der Waals surface area contributed by atoms with Gasteiger partial charge in [-0.25, -0.2) is 14.2 Å². The molecule has 4 N–H and O–H groups in total. The van der Waals surface area contributed by atoms with Crippen LogP contribution in [0.5, 0.6) is 0 Å². The fraction of sp³-hybridized carbons (Fsp3) is 0.462. The van der Waals surface area contributed by atoms with Crippen LogP contribution < -0.4 is 16.0 Å². The minimum atomic E-state index is -0.772. The molecule has 3 rings (SSSR count). The molecule has 11 heteroatoms. The van der Waals surface area contributed by atoms with Gasteiger partial charge in [-0.15, -0.1) is 0 Å². The Morgan fingerprint density at radius 2 is 2.11 bits per heavy atom. The van der Waals surface area contributed by atoms with Crippen LogP contribution in [0.3, 0.4) is 0 Å². The Bertz CT molecular complexity index is 1170. The zero-order valence-electron chi connectivity index (χ0n) is 21.5. The van der Waals surface area contributed by atoms with Gasteiger partial charge in [0.25, 0.3) is 0 Å². The summed E-state index contributed by atoms with van der Waals surface area (Å²) >= 11 is 0. The molecule has 1 aromatic carbocycles. The van der Waals surface area contributed by atoms with E-state index in [0.29, 0.717) is 42.4 Å². The van der Waals surface area contributed by atoms with E-state index in [1.165, 1.54) is 17.0 Å². The second-order valence-corrected chi connectivity index (χ2v) is 9.58. The minimum Gasteiger partial charge on any atom is -0.444 e. The fourth-order valence-electron chi connectivity index (χ4n) is 3.67. The highest BCUT2D eigenvalue weighted by Crippen LogP contribution is 2.22. The first kappa shape index (κ1) is 27.7. The summed E-state index contributed by atoms with van der Waals surface area (Å²) in [7, 11) is 1.72. The number of carbonyl (C=O) groups excluding carboxylic acids is 2. The average Bonchev–Trinajstić information content (AvgIpc) is 3.23. The number of aliphatic hydroxyl groups excluding tert-OH is 1. The number of halogens is 1. The number of likely N-dealkylation sites (tertiary alicyclic amines) is 1. The summed E-state index contributed by atoms with van der Waals surface area (Å²) in [5, 5.41) is 18.7. The van der Waals surface area contributed by atoms with Gasteiger partial charge in [-0.1, -0.05) is 17.9 Å². The summed E-state index contributed by atoms with van der Waals surface area (Å²) in [4.78, 5) is 34.9. The molecule has 2 amide bonds. The zero-order valence-corrected chi connectivity index (χ0v) is 21.5. The molecular formula is C26H33FN6O4. The van der Waals surface area contributed by atoms with Gasteiger partial charge >= 0.3 is 6.09 Å². The highest BCUT2D eigenvalue weighted by Gasteiger charge is 2.40. The Morgan fingerprint density at radius 3 is 2.81 bits per heavy atom. The number of carbonyl (C=O) groups is 2. The largest absolute Gasteiger partial charge is 0.444 e. The lowest BCUT2D eigenvalue weighted by Crippen LogP contribution is -2.47. The number of aromatic nitrogens is 2. The first-order valence-electron chi connectivity index (χ1n) is 12.1. The van der Waals surface area contributed by atoms with Gasteiger partial charge in [0.1, 0.15) is 23.3 Å². The maximum absolute atomic E-state index is 13.4. The summed E-state index contributed by atoms with van der Waals surface area (Å²) in [6.07, 6.45) is 1.46. The zero-order chi connectivity index (χ0) is 27.0. The molecule has 0 spiro atoms. The van der Waals surface area contributed by atoms with E-state index in [4.69, 9.17) is 4.74 Å². The van der Waals surface area contributed by atoms with E-state index in [2.05, 4.69) is 37.8 Å². The number of aliphatic hydroxyl groups is 1. The van der Waals surface area contributed by atoms with E-state index in [1.807, 2.05) is 0 Å². The lowest BCUT2D eigenvalue weighted by Gasteiger charge is -2.27. The van der Waals surface area contributed by atoms with Crippen LogP contribution in [-0.4, -0.2) is 69.9 Å². The highest BCUT2D eigenvalue weighted by molar-refractivity contribution is 5.86. The van der Waals surface area contributed by atoms with Crippen molar-refractivity contribution in [2.24, 2.45) is 0 Å². The monoisotopic (exact) mass is 512 g/mol. The normalized spacial score (nSPS) is 17.0. The van der Waals surface area contributed by atoms with Crippen molar-refractivity contribution in [1.82, 2.24) is 20.2 Å². The van der Waals surface area contributed by atoms with Crippen LogP contribution in [0.4, 0.5) is 26.6 Å². The Hall–Kier alpha value is -3.91. The van der Waals surface area contributed by atoms with Crippen LogP contribution in [0.2, 0.25) is 0 Å². The van der Waals surface area contributed by atoms with Gasteiger partial charge in [0, 0.05) is 32.1 Å². The number of nitrogens with zero attached hydrogens (tertiary/aromatic N) is 3. The van der Waals surface area contributed by atoms with Crippen molar-refractivity contribution >= 4 is 29.5 Å². The minimum absolute atomic E-state index is 0.0604. The Morgan fingerprint density at radius 1 is 1.32 bits per heavy atom. The third kappa shape index (κ3) is 8.32. The van der Waals surface area contributed by atoms with E-state index in [0.717, 1.165) is 0 Å². The van der Waals surface area contributed by atoms with E-state index in [9.17, 15) is 19.1 Å². The summed E-state index contributed by atoms with van der Waals surface area (Å²) < 4.78 is 18.7. The lowest BCUT2D eigenvalue weighted by molar-refractivity contribution is -0.125. The van der Waals surface area contributed by atoms with Crippen LogP contribution in [-0.2, 0) is 9.53 Å². The first-order chi connectivity index (χ1) is 17.6.